The summed E-state index contributed by atoms with van der Waals surface area (Å²) in [6.45, 7) is 3.33. The first-order chi connectivity index (χ1) is 6.45. The first-order valence-electron chi connectivity index (χ1n) is 4.26. The number of carbonyl (C=O) groups is 2. The van der Waals surface area contributed by atoms with Crippen molar-refractivity contribution in [2.75, 3.05) is 7.11 Å². The van der Waals surface area contributed by atoms with E-state index in [2.05, 4.69) is 10.1 Å². The van der Waals surface area contributed by atoms with E-state index in [1.165, 1.54) is 13.2 Å². The molecule has 0 aromatic rings. The zero-order valence-electron chi connectivity index (χ0n) is 8.66. The summed E-state index contributed by atoms with van der Waals surface area (Å²) in [5.74, 6) is -0.660. The average Bonchev–Trinajstić information content (AvgIpc) is 2.01. The second-order valence-electron chi connectivity index (χ2n) is 3.08. The van der Waals surface area contributed by atoms with Crippen molar-refractivity contribution < 1.29 is 14.3 Å². The molecule has 1 atom stereocenters. The van der Waals surface area contributed by atoms with E-state index in [-0.39, 0.29) is 24.3 Å². The average molecular weight is 200 g/mol. The molecule has 0 aliphatic heterocycles. The molecule has 0 aliphatic carbocycles. The van der Waals surface area contributed by atoms with Gasteiger partial charge in [0.05, 0.1) is 13.5 Å². The standard InChI is InChI=1S/C9H16N2O3/c1-6(10)4-8(12)11-7(2)5-9(13)14-3/h4,7H,5,10H2,1-3H3,(H,11,12)/b6-4-. The predicted molar refractivity (Wildman–Crippen MR) is 52.2 cm³/mol. The number of rotatable bonds is 4. The van der Waals surface area contributed by atoms with Gasteiger partial charge in [-0.1, -0.05) is 0 Å². The molecule has 0 aromatic carbocycles. The number of nitrogens with two attached hydrogens (primary N) is 1. The van der Waals surface area contributed by atoms with Crippen LogP contribution in [-0.2, 0) is 14.3 Å². The zero-order chi connectivity index (χ0) is 11.1. The Hall–Kier alpha value is -1.52. The number of hydrogen-bond donors (Lipinski definition) is 2. The summed E-state index contributed by atoms with van der Waals surface area (Å²) in [5, 5.41) is 2.58. The van der Waals surface area contributed by atoms with E-state index in [0.717, 1.165) is 0 Å². The van der Waals surface area contributed by atoms with Crippen molar-refractivity contribution in [1.82, 2.24) is 5.32 Å². The maximum atomic E-state index is 11.1. The number of carbonyl (C=O) groups excluding carboxylic acids is 2. The Kier molecular flexibility index (Phi) is 5.36. The van der Waals surface area contributed by atoms with Gasteiger partial charge in [0.1, 0.15) is 0 Å². The molecule has 0 fully saturated rings. The number of allylic oxidation sites excluding steroid dienone is 1. The molecule has 0 saturated carbocycles. The van der Waals surface area contributed by atoms with Crippen molar-refractivity contribution in [2.24, 2.45) is 5.73 Å². The first kappa shape index (κ1) is 12.5. The third-order valence-electron chi connectivity index (χ3n) is 1.45. The van der Waals surface area contributed by atoms with Gasteiger partial charge in [-0.15, -0.1) is 0 Å². The van der Waals surface area contributed by atoms with Gasteiger partial charge in [-0.25, -0.2) is 0 Å². The third kappa shape index (κ3) is 6.05. The van der Waals surface area contributed by atoms with Crippen LogP contribution < -0.4 is 11.1 Å². The highest BCUT2D eigenvalue weighted by Crippen LogP contribution is 1.93. The lowest BCUT2D eigenvalue weighted by Gasteiger charge is -2.10. The Morgan fingerprint density at radius 2 is 2.14 bits per heavy atom. The van der Waals surface area contributed by atoms with Gasteiger partial charge in [0.25, 0.3) is 0 Å². The molecular formula is C9H16N2O3. The SMILES string of the molecule is COC(=O)CC(C)NC(=O)/C=C(/C)N. The molecule has 80 valence electrons. The molecule has 5 nitrogen and oxygen atoms in total. The minimum atomic E-state index is -0.355. The molecule has 0 bridgehead atoms. The van der Waals surface area contributed by atoms with Crippen LogP contribution in [0.3, 0.4) is 0 Å². The normalized spacial score (nSPS) is 13.2. The maximum absolute atomic E-state index is 11.1. The molecule has 0 rings (SSSR count). The quantitative estimate of drug-likeness (QED) is 0.491. The van der Waals surface area contributed by atoms with Crippen LogP contribution >= 0.6 is 0 Å². The van der Waals surface area contributed by atoms with Gasteiger partial charge in [-0.2, -0.15) is 0 Å². The highest BCUT2D eigenvalue weighted by atomic mass is 16.5. The second-order valence-corrected chi connectivity index (χ2v) is 3.08. The van der Waals surface area contributed by atoms with E-state index in [1.807, 2.05) is 0 Å². The van der Waals surface area contributed by atoms with Crippen LogP contribution in [0.2, 0.25) is 0 Å². The van der Waals surface area contributed by atoms with E-state index in [4.69, 9.17) is 5.73 Å². The molecule has 0 aromatic heterocycles. The van der Waals surface area contributed by atoms with Crippen molar-refractivity contribution in [1.29, 1.82) is 0 Å². The van der Waals surface area contributed by atoms with Crippen LogP contribution in [0.1, 0.15) is 20.3 Å². The van der Waals surface area contributed by atoms with E-state index < -0.39 is 0 Å². The molecule has 14 heavy (non-hydrogen) atoms. The predicted octanol–water partition coefficient (Wildman–Crippen LogP) is -0.0833. The van der Waals surface area contributed by atoms with Gasteiger partial charge in [0, 0.05) is 17.8 Å². The van der Waals surface area contributed by atoms with Gasteiger partial charge in [-0.05, 0) is 13.8 Å². The van der Waals surface area contributed by atoms with E-state index in [0.29, 0.717) is 5.70 Å². The Morgan fingerprint density at radius 1 is 1.57 bits per heavy atom. The van der Waals surface area contributed by atoms with Crippen LogP contribution in [0.25, 0.3) is 0 Å². The third-order valence-corrected chi connectivity index (χ3v) is 1.45. The van der Waals surface area contributed by atoms with Crippen molar-refractivity contribution in [2.45, 2.75) is 26.3 Å². The van der Waals surface area contributed by atoms with Crippen molar-refractivity contribution in [3.8, 4) is 0 Å². The van der Waals surface area contributed by atoms with Crippen LogP contribution in [0.15, 0.2) is 11.8 Å². The molecule has 1 amide bonds. The van der Waals surface area contributed by atoms with Crippen molar-refractivity contribution >= 4 is 11.9 Å². The van der Waals surface area contributed by atoms with Gasteiger partial charge in [0.2, 0.25) is 5.91 Å². The summed E-state index contributed by atoms with van der Waals surface area (Å²) < 4.78 is 4.45. The monoisotopic (exact) mass is 200 g/mol. The van der Waals surface area contributed by atoms with E-state index >= 15 is 0 Å². The summed E-state index contributed by atoms with van der Waals surface area (Å²) in [6.07, 6.45) is 1.42. The number of ether oxygens (including phenoxy) is 1. The largest absolute Gasteiger partial charge is 0.469 e. The van der Waals surface area contributed by atoms with Crippen LogP contribution in [0, 0.1) is 0 Å². The zero-order valence-corrected chi connectivity index (χ0v) is 8.66. The number of esters is 1. The van der Waals surface area contributed by atoms with Gasteiger partial charge in [0.15, 0.2) is 0 Å². The highest BCUT2D eigenvalue weighted by molar-refractivity contribution is 5.88. The second kappa shape index (κ2) is 6.01. The summed E-state index contributed by atoms with van der Waals surface area (Å²) in [4.78, 5) is 21.9. The van der Waals surface area contributed by atoms with Crippen LogP contribution in [0.5, 0.6) is 0 Å². The number of methoxy groups -OCH3 is 1. The van der Waals surface area contributed by atoms with Crippen LogP contribution in [0.4, 0.5) is 0 Å². The van der Waals surface area contributed by atoms with Crippen molar-refractivity contribution in [3.05, 3.63) is 11.8 Å². The molecule has 3 N–H and O–H groups in total. The van der Waals surface area contributed by atoms with Gasteiger partial charge >= 0.3 is 5.97 Å². The lowest BCUT2D eigenvalue weighted by Crippen LogP contribution is -2.33. The Labute approximate surface area is 83.3 Å². The molecule has 0 saturated heterocycles. The molecule has 0 radical (unpaired) electrons. The summed E-state index contributed by atoms with van der Waals surface area (Å²) in [7, 11) is 1.31. The molecule has 5 heteroatoms. The lowest BCUT2D eigenvalue weighted by molar-refractivity contribution is -0.141. The van der Waals surface area contributed by atoms with Gasteiger partial charge in [-0.3, -0.25) is 9.59 Å². The fraction of sp³-hybridized carbons (Fsp3) is 0.556. The van der Waals surface area contributed by atoms with Crippen molar-refractivity contribution in [3.63, 3.8) is 0 Å². The fourth-order valence-corrected chi connectivity index (χ4v) is 0.876. The molecule has 1 unspecified atom stereocenters. The Morgan fingerprint density at radius 3 is 2.57 bits per heavy atom. The molecule has 0 aliphatic rings. The van der Waals surface area contributed by atoms with Gasteiger partial charge < -0.3 is 15.8 Å². The minimum Gasteiger partial charge on any atom is -0.469 e. The summed E-state index contributed by atoms with van der Waals surface area (Å²) >= 11 is 0. The smallest absolute Gasteiger partial charge is 0.307 e. The van der Waals surface area contributed by atoms with E-state index in [9.17, 15) is 9.59 Å². The fourth-order valence-electron chi connectivity index (χ4n) is 0.876. The molecule has 0 heterocycles. The molecule has 0 spiro atoms. The van der Waals surface area contributed by atoms with E-state index in [1.54, 1.807) is 13.8 Å². The highest BCUT2D eigenvalue weighted by Gasteiger charge is 2.10. The molecular weight excluding hydrogens is 184 g/mol. The number of amides is 1. The lowest BCUT2D eigenvalue weighted by atomic mass is 10.2. The minimum absolute atomic E-state index is 0.152. The number of hydrogen-bond acceptors (Lipinski definition) is 4. The summed E-state index contributed by atoms with van der Waals surface area (Å²) in [6, 6.07) is -0.259. The Bertz CT molecular complexity index is 244. The van der Waals surface area contributed by atoms with Crippen LogP contribution in [-0.4, -0.2) is 25.0 Å². The Balaban J connectivity index is 3.94. The number of nitrogens with one attached hydrogen (secondary N) is 1. The topological polar surface area (TPSA) is 81.4 Å². The maximum Gasteiger partial charge on any atom is 0.307 e. The first-order valence-corrected chi connectivity index (χ1v) is 4.26. The summed E-state index contributed by atoms with van der Waals surface area (Å²) in [5.41, 5.74) is 5.73.